The number of alkyl carbamates (subject to hydrolysis) is 1. The van der Waals surface area contributed by atoms with Gasteiger partial charge in [0, 0.05) is 17.8 Å². The van der Waals surface area contributed by atoms with E-state index < -0.39 is 11.7 Å². The lowest BCUT2D eigenvalue weighted by atomic mass is 10.0. The van der Waals surface area contributed by atoms with Crippen LogP contribution in [-0.4, -0.2) is 17.6 Å². The van der Waals surface area contributed by atoms with Gasteiger partial charge in [-0.1, -0.05) is 38.1 Å². The second-order valence-corrected chi connectivity index (χ2v) is 7.78. The fraction of sp³-hybridized carbons (Fsp3) is 0.364. The number of nitrogens with one attached hydrogen (secondary N) is 2. The monoisotopic (exact) mass is 368 g/mol. The molecule has 0 spiro atoms. The normalized spacial score (nSPS) is 11.2. The second kappa shape index (κ2) is 8.71. The van der Waals surface area contributed by atoms with Crippen LogP contribution in [0.1, 0.15) is 62.0 Å². The van der Waals surface area contributed by atoms with Gasteiger partial charge in [0.05, 0.1) is 0 Å². The number of rotatable bonds is 5. The van der Waals surface area contributed by atoms with Gasteiger partial charge in [-0.25, -0.2) is 4.79 Å². The van der Waals surface area contributed by atoms with Crippen LogP contribution in [0.5, 0.6) is 0 Å². The molecule has 0 aliphatic heterocycles. The Morgan fingerprint density at radius 2 is 1.56 bits per heavy atom. The van der Waals surface area contributed by atoms with Gasteiger partial charge < -0.3 is 15.4 Å². The van der Waals surface area contributed by atoms with Crippen LogP contribution in [0.25, 0.3) is 0 Å². The van der Waals surface area contributed by atoms with Crippen molar-refractivity contribution in [3.05, 3.63) is 65.2 Å². The highest BCUT2D eigenvalue weighted by Gasteiger charge is 2.15. The molecule has 0 unspecified atom stereocenters. The lowest BCUT2D eigenvalue weighted by Crippen LogP contribution is -2.32. The van der Waals surface area contributed by atoms with Gasteiger partial charge in [0.25, 0.3) is 5.91 Å². The maximum Gasteiger partial charge on any atom is 0.407 e. The SMILES string of the molecule is CC(C)c1ccc(NC(=O)c2ccc(CNC(=O)OC(C)(C)C)cc2)cc1. The van der Waals surface area contributed by atoms with Crippen molar-refractivity contribution in [3.63, 3.8) is 0 Å². The zero-order valence-corrected chi connectivity index (χ0v) is 16.6. The summed E-state index contributed by atoms with van der Waals surface area (Å²) in [4.78, 5) is 24.0. The number of hydrogen-bond donors (Lipinski definition) is 2. The summed E-state index contributed by atoms with van der Waals surface area (Å²) < 4.78 is 5.20. The molecule has 2 N–H and O–H groups in total. The van der Waals surface area contributed by atoms with E-state index in [1.807, 2.05) is 57.2 Å². The fourth-order valence-electron chi connectivity index (χ4n) is 2.42. The van der Waals surface area contributed by atoms with Gasteiger partial charge in [-0.05, 0) is 62.1 Å². The molecule has 27 heavy (non-hydrogen) atoms. The summed E-state index contributed by atoms with van der Waals surface area (Å²) in [7, 11) is 0. The van der Waals surface area contributed by atoms with E-state index in [2.05, 4.69) is 24.5 Å². The summed E-state index contributed by atoms with van der Waals surface area (Å²) >= 11 is 0. The van der Waals surface area contributed by atoms with Crippen molar-refractivity contribution in [2.75, 3.05) is 5.32 Å². The smallest absolute Gasteiger partial charge is 0.407 e. The van der Waals surface area contributed by atoms with Crippen LogP contribution >= 0.6 is 0 Å². The van der Waals surface area contributed by atoms with E-state index in [9.17, 15) is 9.59 Å². The third-order valence-corrected chi connectivity index (χ3v) is 3.89. The standard InChI is InChI=1S/C22H28N2O3/c1-15(2)17-10-12-19(13-11-17)24-20(25)18-8-6-16(7-9-18)14-23-21(26)27-22(3,4)5/h6-13,15H,14H2,1-5H3,(H,23,26)(H,24,25). The molecule has 0 aliphatic carbocycles. The highest BCUT2D eigenvalue weighted by Crippen LogP contribution is 2.18. The zero-order chi connectivity index (χ0) is 20.0. The summed E-state index contributed by atoms with van der Waals surface area (Å²) in [5, 5.41) is 5.59. The fourth-order valence-corrected chi connectivity index (χ4v) is 2.42. The van der Waals surface area contributed by atoms with Gasteiger partial charge in [-0.2, -0.15) is 0 Å². The molecule has 0 aromatic heterocycles. The largest absolute Gasteiger partial charge is 0.444 e. The van der Waals surface area contributed by atoms with Crippen LogP contribution in [0.3, 0.4) is 0 Å². The maximum atomic E-state index is 12.4. The van der Waals surface area contributed by atoms with Crippen molar-refractivity contribution in [3.8, 4) is 0 Å². The number of benzene rings is 2. The first-order valence-corrected chi connectivity index (χ1v) is 9.11. The lowest BCUT2D eigenvalue weighted by molar-refractivity contribution is 0.0523. The Balaban J connectivity index is 1.90. The first kappa shape index (κ1) is 20.5. The van der Waals surface area contributed by atoms with E-state index in [0.29, 0.717) is 18.0 Å². The predicted octanol–water partition coefficient (Wildman–Crippen LogP) is 5.09. The molecule has 0 aliphatic rings. The average molecular weight is 368 g/mol. The number of anilines is 1. The van der Waals surface area contributed by atoms with E-state index in [1.54, 1.807) is 12.1 Å². The third-order valence-electron chi connectivity index (χ3n) is 3.89. The summed E-state index contributed by atoms with van der Waals surface area (Å²) in [6.07, 6.45) is -0.464. The molecule has 5 nitrogen and oxygen atoms in total. The maximum absolute atomic E-state index is 12.4. The lowest BCUT2D eigenvalue weighted by Gasteiger charge is -2.19. The Kier molecular flexibility index (Phi) is 6.61. The van der Waals surface area contributed by atoms with E-state index >= 15 is 0 Å². The van der Waals surface area contributed by atoms with Crippen LogP contribution in [-0.2, 0) is 11.3 Å². The summed E-state index contributed by atoms with van der Waals surface area (Å²) in [6.45, 7) is 10.1. The van der Waals surface area contributed by atoms with Gasteiger partial charge in [-0.15, -0.1) is 0 Å². The number of carbonyl (C=O) groups is 2. The third kappa shape index (κ3) is 6.77. The van der Waals surface area contributed by atoms with Crippen molar-refractivity contribution in [2.24, 2.45) is 0 Å². The van der Waals surface area contributed by atoms with Gasteiger partial charge in [0.15, 0.2) is 0 Å². The molecule has 144 valence electrons. The molecule has 0 saturated heterocycles. The molecule has 0 bridgehead atoms. The Labute approximate surface area is 161 Å². The van der Waals surface area contributed by atoms with Gasteiger partial charge in [0.2, 0.25) is 0 Å². The van der Waals surface area contributed by atoms with Gasteiger partial charge >= 0.3 is 6.09 Å². The Morgan fingerprint density at radius 3 is 2.07 bits per heavy atom. The van der Waals surface area contributed by atoms with Crippen molar-refractivity contribution < 1.29 is 14.3 Å². The van der Waals surface area contributed by atoms with Crippen molar-refractivity contribution in [1.82, 2.24) is 5.32 Å². The average Bonchev–Trinajstić information content (AvgIpc) is 2.59. The predicted molar refractivity (Wildman–Crippen MR) is 108 cm³/mol. The van der Waals surface area contributed by atoms with Crippen LogP contribution in [0.2, 0.25) is 0 Å². The molecule has 0 atom stereocenters. The molecule has 0 saturated carbocycles. The number of carbonyl (C=O) groups excluding carboxylic acids is 2. The molecule has 2 rings (SSSR count). The topological polar surface area (TPSA) is 67.4 Å². The summed E-state index contributed by atoms with van der Waals surface area (Å²) in [5.74, 6) is 0.288. The number of ether oxygens (including phenoxy) is 1. The molecular weight excluding hydrogens is 340 g/mol. The van der Waals surface area contributed by atoms with Crippen LogP contribution in [0.4, 0.5) is 10.5 Å². The molecular formula is C22H28N2O3. The molecule has 5 heteroatoms. The van der Waals surface area contributed by atoms with E-state index in [1.165, 1.54) is 5.56 Å². The molecule has 0 radical (unpaired) electrons. The molecule has 2 amide bonds. The van der Waals surface area contributed by atoms with Crippen LogP contribution in [0.15, 0.2) is 48.5 Å². The minimum absolute atomic E-state index is 0.168. The molecule has 2 aromatic rings. The highest BCUT2D eigenvalue weighted by atomic mass is 16.6. The first-order valence-electron chi connectivity index (χ1n) is 9.11. The van der Waals surface area contributed by atoms with Crippen LogP contribution < -0.4 is 10.6 Å². The summed E-state index contributed by atoms with van der Waals surface area (Å²) in [6, 6.07) is 15.0. The number of hydrogen-bond acceptors (Lipinski definition) is 3. The van der Waals surface area contributed by atoms with E-state index in [-0.39, 0.29) is 5.91 Å². The van der Waals surface area contributed by atoms with E-state index in [4.69, 9.17) is 4.74 Å². The van der Waals surface area contributed by atoms with Crippen molar-refractivity contribution in [2.45, 2.75) is 52.7 Å². The Morgan fingerprint density at radius 1 is 0.963 bits per heavy atom. The molecule has 0 fully saturated rings. The van der Waals surface area contributed by atoms with Gasteiger partial charge in [0.1, 0.15) is 5.60 Å². The second-order valence-electron chi connectivity index (χ2n) is 7.78. The number of amides is 2. The van der Waals surface area contributed by atoms with Gasteiger partial charge in [-0.3, -0.25) is 4.79 Å². The van der Waals surface area contributed by atoms with Crippen molar-refractivity contribution >= 4 is 17.7 Å². The Bertz CT molecular complexity index is 773. The van der Waals surface area contributed by atoms with Crippen molar-refractivity contribution in [1.29, 1.82) is 0 Å². The summed E-state index contributed by atoms with van der Waals surface area (Å²) in [5.41, 5.74) is 2.91. The van der Waals surface area contributed by atoms with Crippen LogP contribution in [0, 0.1) is 0 Å². The zero-order valence-electron chi connectivity index (χ0n) is 16.6. The Hall–Kier alpha value is -2.82. The minimum Gasteiger partial charge on any atom is -0.444 e. The first-order chi connectivity index (χ1) is 12.6. The minimum atomic E-state index is -0.528. The highest BCUT2D eigenvalue weighted by molar-refractivity contribution is 6.04. The van der Waals surface area contributed by atoms with E-state index in [0.717, 1.165) is 11.3 Å². The quantitative estimate of drug-likeness (QED) is 0.773. The molecule has 2 aromatic carbocycles. The molecule has 0 heterocycles.